The topological polar surface area (TPSA) is 52.1 Å². The van der Waals surface area contributed by atoms with E-state index in [1.165, 1.54) is 11.8 Å². The minimum absolute atomic E-state index is 0.0294. The molecule has 0 radical (unpaired) electrons. The van der Waals surface area contributed by atoms with Crippen LogP contribution in [-0.2, 0) is 0 Å². The van der Waals surface area contributed by atoms with Gasteiger partial charge in [-0.1, -0.05) is 52.0 Å². The van der Waals surface area contributed by atoms with Gasteiger partial charge in [0.25, 0.3) is 0 Å². The second-order valence-corrected chi connectivity index (χ2v) is 7.12. The van der Waals surface area contributed by atoms with Gasteiger partial charge in [0, 0.05) is 15.6 Å². The number of hydrogen-bond donors (Lipinski definition) is 0. The van der Waals surface area contributed by atoms with Crippen molar-refractivity contribution in [1.82, 2.24) is 10.2 Å². The molecule has 1 heterocycles. The first kappa shape index (κ1) is 17.6. The zero-order chi connectivity index (χ0) is 17.6. The van der Waals surface area contributed by atoms with Crippen molar-refractivity contribution in [2.75, 3.05) is 12.9 Å². The van der Waals surface area contributed by atoms with Crippen LogP contribution in [0.4, 0.5) is 0 Å². The zero-order valence-corrected chi connectivity index (χ0v) is 15.9. The highest BCUT2D eigenvalue weighted by atomic mass is 79.9. The van der Waals surface area contributed by atoms with Crippen LogP contribution in [0.25, 0.3) is 11.3 Å². The number of ketones is 1. The van der Waals surface area contributed by atoms with E-state index in [1.54, 1.807) is 19.2 Å². The van der Waals surface area contributed by atoms with E-state index in [0.29, 0.717) is 17.1 Å². The Hall–Kier alpha value is -2.18. The van der Waals surface area contributed by atoms with Crippen LogP contribution in [0.3, 0.4) is 0 Å². The van der Waals surface area contributed by atoms with Crippen LogP contribution in [0, 0.1) is 0 Å². The number of carbonyl (C=O) groups is 1. The number of benzene rings is 2. The molecule has 0 amide bonds. The number of Topliss-reactive ketones (excluding diaryl/α,β-unsaturated/α-hetero) is 1. The number of carbonyl (C=O) groups excluding carboxylic acids is 1. The number of aromatic nitrogens is 2. The van der Waals surface area contributed by atoms with E-state index in [0.717, 1.165) is 20.8 Å². The third-order valence-electron chi connectivity index (χ3n) is 3.50. The molecule has 4 nitrogen and oxygen atoms in total. The van der Waals surface area contributed by atoms with Gasteiger partial charge in [-0.2, -0.15) is 0 Å². The molecule has 0 aliphatic heterocycles. The van der Waals surface area contributed by atoms with Gasteiger partial charge >= 0.3 is 0 Å². The Labute approximate surface area is 158 Å². The van der Waals surface area contributed by atoms with Gasteiger partial charge in [-0.05, 0) is 36.4 Å². The lowest BCUT2D eigenvalue weighted by molar-refractivity contribution is 0.102. The van der Waals surface area contributed by atoms with E-state index in [2.05, 4.69) is 26.1 Å². The van der Waals surface area contributed by atoms with Crippen molar-refractivity contribution >= 4 is 33.5 Å². The summed E-state index contributed by atoms with van der Waals surface area (Å²) < 4.78 is 6.14. The number of methoxy groups -OCH3 is 1. The van der Waals surface area contributed by atoms with Gasteiger partial charge in [0.2, 0.25) is 0 Å². The van der Waals surface area contributed by atoms with E-state index in [1.807, 2.05) is 48.5 Å². The van der Waals surface area contributed by atoms with Crippen LogP contribution in [-0.4, -0.2) is 28.8 Å². The van der Waals surface area contributed by atoms with Gasteiger partial charge in [0.05, 0.1) is 18.6 Å². The molecule has 3 rings (SSSR count). The SMILES string of the molecule is COc1cccc(C(=O)CSc2ccc(-c3cccc(Br)c3)nn2)c1. The highest BCUT2D eigenvalue weighted by Gasteiger charge is 2.09. The highest BCUT2D eigenvalue weighted by Crippen LogP contribution is 2.23. The Kier molecular flexibility index (Phi) is 5.83. The van der Waals surface area contributed by atoms with Crippen molar-refractivity contribution in [2.24, 2.45) is 0 Å². The Bertz CT molecular complexity index is 885. The maximum absolute atomic E-state index is 12.3. The number of hydrogen-bond acceptors (Lipinski definition) is 5. The fraction of sp³-hybridized carbons (Fsp3) is 0.105. The molecule has 0 N–H and O–H groups in total. The second-order valence-electron chi connectivity index (χ2n) is 5.21. The van der Waals surface area contributed by atoms with Gasteiger partial charge in [-0.25, -0.2) is 0 Å². The first-order valence-electron chi connectivity index (χ1n) is 7.55. The van der Waals surface area contributed by atoms with Crippen molar-refractivity contribution < 1.29 is 9.53 Å². The van der Waals surface area contributed by atoms with Crippen LogP contribution in [0.1, 0.15) is 10.4 Å². The van der Waals surface area contributed by atoms with Gasteiger partial charge in [-0.15, -0.1) is 10.2 Å². The number of nitrogens with zero attached hydrogens (tertiary/aromatic N) is 2. The fourth-order valence-electron chi connectivity index (χ4n) is 2.22. The molecule has 0 spiro atoms. The smallest absolute Gasteiger partial charge is 0.173 e. The lowest BCUT2D eigenvalue weighted by Gasteiger charge is -2.04. The molecule has 0 atom stereocenters. The summed E-state index contributed by atoms with van der Waals surface area (Å²) in [5.41, 5.74) is 2.42. The zero-order valence-electron chi connectivity index (χ0n) is 13.5. The summed E-state index contributed by atoms with van der Waals surface area (Å²) in [4.78, 5) is 12.3. The molecule has 0 aliphatic rings. The van der Waals surface area contributed by atoms with Crippen molar-refractivity contribution in [1.29, 1.82) is 0 Å². The third kappa shape index (κ3) is 4.67. The van der Waals surface area contributed by atoms with E-state index < -0.39 is 0 Å². The summed E-state index contributed by atoms with van der Waals surface area (Å²) in [6.45, 7) is 0. The molecule has 0 saturated carbocycles. The van der Waals surface area contributed by atoms with Crippen LogP contribution < -0.4 is 4.74 Å². The normalized spacial score (nSPS) is 10.5. The first-order valence-corrected chi connectivity index (χ1v) is 9.33. The molecule has 6 heteroatoms. The van der Waals surface area contributed by atoms with E-state index in [-0.39, 0.29) is 5.78 Å². The quantitative estimate of drug-likeness (QED) is 0.424. The summed E-state index contributed by atoms with van der Waals surface area (Å²) in [6.07, 6.45) is 0. The van der Waals surface area contributed by atoms with Crippen LogP contribution in [0.2, 0.25) is 0 Å². The average molecular weight is 415 g/mol. The summed E-state index contributed by atoms with van der Waals surface area (Å²) in [5, 5.41) is 9.17. The molecule has 126 valence electrons. The number of thioether (sulfide) groups is 1. The molecule has 0 fully saturated rings. The van der Waals surface area contributed by atoms with Gasteiger partial charge in [0.1, 0.15) is 10.8 Å². The Morgan fingerprint density at radius 3 is 2.64 bits per heavy atom. The maximum Gasteiger partial charge on any atom is 0.173 e. The van der Waals surface area contributed by atoms with E-state index >= 15 is 0 Å². The summed E-state index contributed by atoms with van der Waals surface area (Å²) in [5.74, 6) is 1.01. The lowest BCUT2D eigenvalue weighted by Crippen LogP contribution is -2.03. The largest absolute Gasteiger partial charge is 0.497 e. The van der Waals surface area contributed by atoms with Crippen LogP contribution >= 0.6 is 27.7 Å². The highest BCUT2D eigenvalue weighted by molar-refractivity contribution is 9.10. The Morgan fingerprint density at radius 1 is 1.08 bits per heavy atom. The molecular formula is C19H15BrN2O2S. The lowest BCUT2D eigenvalue weighted by atomic mass is 10.1. The average Bonchev–Trinajstić information content (AvgIpc) is 2.66. The fourth-order valence-corrected chi connectivity index (χ4v) is 3.33. The molecule has 0 unspecified atom stereocenters. The molecule has 0 aliphatic carbocycles. The van der Waals surface area contributed by atoms with Crippen molar-refractivity contribution in [3.63, 3.8) is 0 Å². The molecule has 2 aromatic carbocycles. The number of ether oxygens (including phenoxy) is 1. The van der Waals surface area contributed by atoms with Crippen molar-refractivity contribution in [3.8, 4) is 17.0 Å². The second kappa shape index (κ2) is 8.27. The molecule has 25 heavy (non-hydrogen) atoms. The van der Waals surface area contributed by atoms with Crippen molar-refractivity contribution in [3.05, 3.63) is 70.7 Å². The predicted octanol–water partition coefficient (Wildman–Crippen LogP) is 4.89. The summed E-state index contributed by atoms with van der Waals surface area (Å²) in [7, 11) is 1.58. The molecule has 1 aromatic heterocycles. The number of rotatable bonds is 6. The molecule has 3 aromatic rings. The van der Waals surface area contributed by atoms with Crippen LogP contribution in [0.15, 0.2) is 70.2 Å². The minimum Gasteiger partial charge on any atom is -0.497 e. The Morgan fingerprint density at radius 2 is 1.92 bits per heavy atom. The summed E-state index contributed by atoms with van der Waals surface area (Å²) >= 11 is 4.82. The molecule has 0 bridgehead atoms. The van der Waals surface area contributed by atoms with E-state index in [9.17, 15) is 4.79 Å². The standard InChI is InChI=1S/C19H15BrN2O2S/c1-24-16-7-3-5-14(11-16)18(23)12-25-19-9-8-17(21-22-19)13-4-2-6-15(20)10-13/h2-11H,12H2,1H3. The van der Waals surface area contributed by atoms with Gasteiger partial charge < -0.3 is 4.74 Å². The first-order chi connectivity index (χ1) is 12.2. The minimum atomic E-state index is 0.0294. The monoisotopic (exact) mass is 414 g/mol. The predicted molar refractivity (Wildman–Crippen MR) is 103 cm³/mol. The maximum atomic E-state index is 12.3. The van der Waals surface area contributed by atoms with Crippen molar-refractivity contribution in [2.45, 2.75) is 5.03 Å². The summed E-state index contributed by atoms with van der Waals surface area (Å²) in [6, 6.07) is 18.8. The van der Waals surface area contributed by atoms with E-state index in [4.69, 9.17) is 4.74 Å². The number of halogens is 1. The van der Waals surface area contributed by atoms with Gasteiger partial charge in [0.15, 0.2) is 5.78 Å². The molecular weight excluding hydrogens is 400 g/mol. The molecule has 0 saturated heterocycles. The van der Waals surface area contributed by atoms with Gasteiger partial charge in [-0.3, -0.25) is 4.79 Å². The third-order valence-corrected chi connectivity index (χ3v) is 4.92. The Balaban J connectivity index is 1.64. The van der Waals surface area contributed by atoms with Crippen LogP contribution in [0.5, 0.6) is 5.75 Å².